The summed E-state index contributed by atoms with van der Waals surface area (Å²) in [5.41, 5.74) is 3.21. The van der Waals surface area contributed by atoms with Crippen molar-refractivity contribution in [3.05, 3.63) is 77.5 Å². The van der Waals surface area contributed by atoms with Crippen molar-refractivity contribution in [2.75, 3.05) is 38.1 Å². The van der Waals surface area contributed by atoms with Crippen molar-refractivity contribution < 1.29 is 38.9 Å². The third-order valence-electron chi connectivity index (χ3n) is 7.81. The minimum absolute atomic E-state index is 0.0128. The number of fused-ring (bicyclic) bond motifs is 1. The molecule has 1 unspecified atom stereocenters. The largest absolute Gasteiger partial charge is 0.483 e. The van der Waals surface area contributed by atoms with Crippen LogP contribution in [0.4, 0.5) is 10.6 Å². The number of rotatable bonds is 10. The molecular formula is C33H38N6O8. The van der Waals surface area contributed by atoms with Crippen molar-refractivity contribution in [1.82, 2.24) is 25.1 Å². The van der Waals surface area contributed by atoms with E-state index in [1.807, 2.05) is 42.5 Å². The van der Waals surface area contributed by atoms with Gasteiger partial charge in [-0.3, -0.25) is 19.2 Å². The molecule has 14 nitrogen and oxygen atoms in total. The Balaban J connectivity index is 0.00000160. The van der Waals surface area contributed by atoms with Crippen LogP contribution in [0.5, 0.6) is 0 Å². The highest BCUT2D eigenvalue weighted by atomic mass is 16.6. The normalized spacial score (nSPS) is 15.7. The highest BCUT2D eigenvalue weighted by molar-refractivity contribution is 5.97. The van der Waals surface area contributed by atoms with Crippen LogP contribution in [0.15, 0.2) is 60.7 Å². The van der Waals surface area contributed by atoms with Crippen LogP contribution in [0, 0.1) is 0 Å². The quantitative estimate of drug-likeness (QED) is 0.237. The number of piperazine rings is 1. The van der Waals surface area contributed by atoms with Crippen molar-refractivity contribution in [2.24, 2.45) is 0 Å². The van der Waals surface area contributed by atoms with Gasteiger partial charge in [-0.1, -0.05) is 54.6 Å². The second kappa shape index (κ2) is 16.7. The van der Waals surface area contributed by atoms with Crippen molar-refractivity contribution in [3.8, 4) is 11.4 Å². The number of nitrogens with zero attached hydrogens (tertiary/aromatic N) is 4. The second-order valence-electron chi connectivity index (χ2n) is 10.8. The Morgan fingerprint density at radius 2 is 1.66 bits per heavy atom. The van der Waals surface area contributed by atoms with Gasteiger partial charge in [-0.05, 0) is 37.3 Å². The van der Waals surface area contributed by atoms with E-state index >= 15 is 0 Å². The number of carboxylic acids is 1. The van der Waals surface area contributed by atoms with Crippen LogP contribution in [0.25, 0.3) is 11.4 Å². The van der Waals surface area contributed by atoms with Crippen LogP contribution in [0.2, 0.25) is 0 Å². The molecule has 248 valence electrons. The zero-order valence-electron chi connectivity index (χ0n) is 26.0. The highest BCUT2D eigenvalue weighted by Gasteiger charge is 2.31. The molecule has 2 heterocycles. The highest BCUT2D eigenvalue weighted by Crippen LogP contribution is 2.33. The lowest BCUT2D eigenvalue weighted by Crippen LogP contribution is -2.56. The number of carboxylic acid groups (broad SMARTS) is 2. The molecule has 0 radical (unpaired) electrons. The van der Waals surface area contributed by atoms with Crippen LogP contribution >= 0.6 is 0 Å². The Morgan fingerprint density at radius 1 is 1.00 bits per heavy atom. The number of aliphatic carboxylic acids is 1. The van der Waals surface area contributed by atoms with Gasteiger partial charge in [0.2, 0.25) is 5.91 Å². The summed E-state index contributed by atoms with van der Waals surface area (Å²) in [7, 11) is 0. The molecule has 1 aliphatic heterocycles. The molecule has 0 spiro atoms. The lowest BCUT2D eigenvalue weighted by molar-refractivity contribution is -0.138. The first kappa shape index (κ1) is 34.3. The number of hydrogen-bond acceptors (Lipinski definition) is 9. The number of carbonyl (C=O) groups is 5. The van der Waals surface area contributed by atoms with Crippen molar-refractivity contribution in [1.29, 1.82) is 0 Å². The Labute approximate surface area is 271 Å². The van der Waals surface area contributed by atoms with Gasteiger partial charge in [0.25, 0.3) is 12.4 Å². The molecule has 0 bridgehead atoms. The van der Waals surface area contributed by atoms with Crippen LogP contribution in [0.3, 0.4) is 0 Å². The third-order valence-corrected chi connectivity index (χ3v) is 7.81. The third kappa shape index (κ3) is 9.25. The maximum absolute atomic E-state index is 13.7. The smallest absolute Gasteiger partial charge is 0.409 e. The maximum atomic E-state index is 13.7. The van der Waals surface area contributed by atoms with E-state index in [-0.39, 0.29) is 63.8 Å². The average Bonchev–Trinajstić information content (AvgIpc) is 3.49. The monoisotopic (exact) mass is 646 g/mol. The van der Waals surface area contributed by atoms with Crippen LogP contribution < -0.4 is 10.6 Å². The van der Waals surface area contributed by atoms with Gasteiger partial charge in [0.15, 0.2) is 5.82 Å². The van der Waals surface area contributed by atoms with E-state index in [4.69, 9.17) is 19.6 Å². The molecule has 3 amide bonds. The fourth-order valence-electron chi connectivity index (χ4n) is 5.54. The predicted molar refractivity (Wildman–Crippen MR) is 171 cm³/mol. The second-order valence-corrected chi connectivity index (χ2v) is 10.8. The topological polar surface area (TPSA) is 191 Å². The molecule has 1 fully saturated rings. The SMILES string of the molecule is CCOC(=O)N1CCN(C(=O)C(CCC(=O)O)NC(=O)c2cc(N[C@@H]3CCc4ccccc43)nc(-c3ccccc3)n2)CC1.O=CO. The first-order valence-electron chi connectivity index (χ1n) is 15.3. The molecule has 2 atom stereocenters. The number of anilines is 1. The molecule has 1 aromatic heterocycles. The summed E-state index contributed by atoms with van der Waals surface area (Å²) in [6.07, 6.45) is 0.948. The molecule has 5 rings (SSSR count). The number of ether oxygens (including phenoxy) is 1. The number of aryl methyl sites for hydroxylation is 1. The van der Waals surface area contributed by atoms with Gasteiger partial charge in [0, 0.05) is 44.2 Å². The molecule has 2 aliphatic rings. The van der Waals surface area contributed by atoms with Gasteiger partial charge in [-0.25, -0.2) is 14.8 Å². The maximum Gasteiger partial charge on any atom is 0.409 e. The lowest BCUT2D eigenvalue weighted by Gasteiger charge is -2.35. The van der Waals surface area contributed by atoms with Crippen LogP contribution in [0.1, 0.15) is 53.8 Å². The summed E-state index contributed by atoms with van der Waals surface area (Å²) in [5.74, 6) is -1.31. The molecule has 0 saturated carbocycles. The Morgan fingerprint density at radius 3 is 2.34 bits per heavy atom. The average molecular weight is 647 g/mol. The molecular weight excluding hydrogens is 608 g/mol. The summed E-state index contributed by atoms with van der Waals surface area (Å²) in [6.45, 7) is 2.74. The van der Waals surface area contributed by atoms with E-state index in [2.05, 4.69) is 27.8 Å². The minimum Gasteiger partial charge on any atom is -0.483 e. The number of benzene rings is 2. The van der Waals surface area contributed by atoms with Crippen molar-refractivity contribution in [2.45, 2.75) is 44.7 Å². The Bertz CT molecular complexity index is 1560. The Kier molecular flexibility index (Phi) is 12.2. The van der Waals surface area contributed by atoms with Crippen LogP contribution in [-0.2, 0) is 25.5 Å². The first-order valence-corrected chi connectivity index (χ1v) is 15.3. The van der Waals surface area contributed by atoms with Gasteiger partial charge in [0.05, 0.1) is 12.6 Å². The van der Waals surface area contributed by atoms with E-state index < -0.39 is 29.9 Å². The number of hydrogen-bond donors (Lipinski definition) is 4. The summed E-state index contributed by atoms with van der Waals surface area (Å²) in [5, 5.41) is 22.4. The van der Waals surface area contributed by atoms with E-state index in [0.717, 1.165) is 18.4 Å². The molecule has 47 heavy (non-hydrogen) atoms. The van der Waals surface area contributed by atoms with Gasteiger partial charge in [0.1, 0.15) is 17.6 Å². The number of carbonyl (C=O) groups excluding carboxylic acids is 3. The molecule has 1 saturated heterocycles. The Hall–Kier alpha value is -5.53. The van der Waals surface area contributed by atoms with Crippen LogP contribution in [-0.4, -0.2) is 99.2 Å². The van der Waals surface area contributed by atoms with E-state index in [0.29, 0.717) is 11.6 Å². The zero-order valence-corrected chi connectivity index (χ0v) is 26.0. The van der Waals surface area contributed by atoms with Crippen molar-refractivity contribution in [3.63, 3.8) is 0 Å². The first-order chi connectivity index (χ1) is 22.7. The predicted octanol–water partition coefficient (Wildman–Crippen LogP) is 3.21. The van der Waals surface area contributed by atoms with Gasteiger partial charge < -0.3 is 35.4 Å². The van der Waals surface area contributed by atoms with E-state index in [1.54, 1.807) is 13.0 Å². The number of aromatic nitrogens is 2. The molecule has 14 heteroatoms. The standard InChI is InChI=1S/C32H36N6O6.CH2O2/c1-2-44-32(43)38-18-16-37(17-19-38)31(42)25(14-15-28(39)40)35-30(41)26-20-27(36-29(34-26)22-9-4-3-5-10-22)33-24-13-12-21-8-6-7-11-23(21)24;2-1-3/h3-11,20,24-25H,2,12-19H2,1H3,(H,35,41)(H,39,40)(H,33,34,36);1H,(H,2,3)/t24-,25?;/m1./s1. The van der Waals surface area contributed by atoms with Gasteiger partial charge in [-0.2, -0.15) is 0 Å². The fraction of sp³-hybridized carbons (Fsp3) is 0.364. The summed E-state index contributed by atoms with van der Waals surface area (Å²) < 4.78 is 5.05. The molecule has 4 N–H and O–H groups in total. The van der Waals surface area contributed by atoms with E-state index in [1.165, 1.54) is 20.9 Å². The number of nitrogens with one attached hydrogen (secondary N) is 2. The number of amides is 3. The summed E-state index contributed by atoms with van der Waals surface area (Å²) >= 11 is 0. The molecule has 2 aromatic carbocycles. The van der Waals surface area contributed by atoms with E-state index in [9.17, 15) is 24.3 Å². The van der Waals surface area contributed by atoms with Gasteiger partial charge in [-0.15, -0.1) is 0 Å². The minimum atomic E-state index is -1.10. The fourth-order valence-corrected chi connectivity index (χ4v) is 5.54. The lowest BCUT2D eigenvalue weighted by atomic mass is 10.1. The molecule has 3 aromatic rings. The zero-order chi connectivity index (χ0) is 33.8. The molecule has 1 aliphatic carbocycles. The van der Waals surface area contributed by atoms with Crippen molar-refractivity contribution >= 4 is 36.2 Å². The summed E-state index contributed by atoms with van der Waals surface area (Å²) in [4.78, 5) is 71.3. The van der Waals surface area contributed by atoms with Gasteiger partial charge >= 0.3 is 12.1 Å². The summed E-state index contributed by atoms with van der Waals surface area (Å²) in [6, 6.07) is 18.0.